The van der Waals surface area contributed by atoms with E-state index in [1.807, 2.05) is 78.5 Å². The number of carbonyl (C=O) groups is 1. The SMILES string of the molecule is COC(=O)C1=C(C)N=c2s/c(=C\c3cn(-c4ccccc4)nc3-c3ccc(C)cc3)c(=O)n2[C@@H]1c1ccc(C(C)(C)C)cc1. The van der Waals surface area contributed by atoms with Crippen molar-refractivity contribution in [3.63, 3.8) is 0 Å². The van der Waals surface area contributed by atoms with Crippen LogP contribution >= 0.6 is 11.3 Å². The number of carbonyl (C=O) groups excluding carboxylic acids is 1. The van der Waals surface area contributed by atoms with Gasteiger partial charge in [0.05, 0.1) is 40.3 Å². The molecule has 0 amide bonds. The lowest BCUT2D eigenvalue weighted by Crippen LogP contribution is -2.39. The first-order valence-electron chi connectivity index (χ1n) is 14.5. The predicted octanol–water partition coefficient (Wildman–Crippen LogP) is 5.87. The van der Waals surface area contributed by atoms with Gasteiger partial charge in [-0.2, -0.15) is 5.10 Å². The van der Waals surface area contributed by atoms with E-state index in [1.165, 1.54) is 18.4 Å². The first kappa shape index (κ1) is 29.3. The molecule has 0 unspecified atom stereocenters. The molecule has 0 saturated carbocycles. The average Bonchev–Trinajstić information content (AvgIpc) is 3.57. The van der Waals surface area contributed by atoms with Gasteiger partial charge in [-0.1, -0.05) is 104 Å². The van der Waals surface area contributed by atoms with Gasteiger partial charge in [0.1, 0.15) is 0 Å². The number of fused-ring (bicyclic) bond motifs is 1. The molecule has 1 aliphatic heterocycles. The van der Waals surface area contributed by atoms with E-state index in [2.05, 4.69) is 45.0 Å². The van der Waals surface area contributed by atoms with Crippen molar-refractivity contribution in [2.24, 2.45) is 4.99 Å². The van der Waals surface area contributed by atoms with E-state index < -0.39 is 12.0 Å². The molecule has 44 heavy (non-hydrogen) atoms. The molecule has 5 aromatic rings. The largest absolute Gasteiger partial charge is 0.466 e. The van der Waals surface area contributed by atoms with Gasteiger partial charge in [0.15, 0.2) is 4.80 Å². The summed E-state index contributed by atoms with van der Waals surface area (Å²) < 4.78 is 9.13. The number of thiazole rings is 1. The second-order valence-corrected chi connectivity index (χ2v) is 13.0. The minimum absolute atomic E-state index is 0.0385. The number of hydrogen-bond donors (Lipinski definition) is 0. The van der Waals surface area contributed by atoms with Crippen molar-refractivity contribution in [2.45, 2.75) is 46.1 Å². The molecule has 0 saturated heterocycles. The highest BCUT2D eigenvalue weighted by Gasteiger charge is 2.33. The highest BCUT2D eigenvalue weighted by molar-refractivity contribution is 7.07. The van der Waals surface area contributed by atoms with Crippen molar-refractivity contribution in [3.8, 4) is 16.9 Å². The van der Waals surface area contributed by atoms with Gasteiger partial charge in [-0.15, -0.1) is 0 Å². The Balaban J connectivity index is 1.55. The minimum atomic E-state index is -0.668. The van der Waals surface area contributed by atoms with E-state index in [-0.39, 0.29) is 11.0 Å². The van der Waals surface area contributed by atoms with Gasteiger partial charge in [0.2, 0.25) is 0 Å². The Morgan fingerprint density at radius 3 is 2.27 bits per heavy atom. The van der Waals surface area contributed by atoms with E-state index in [4.69, 9.17) is 14.8 Å². The first-order valence-corrected chi connectivity index (χ1v) is 15.3. The quantitative estimate of drug-likeness (QED) is 0.236. The Hall–Kier alpha value is -4.82. The third-order valence-corrected chi connectivity index (χ3v) is 8.88. The van der Waals surface area contributed by atoms with Gasteiger partial charge >= 0.3 is 5.97 Å². The zero-order chi connectivity index (χ0) is 31.2. The molecule has 0 radical (unpaired) electrons. The second-order valence-electron chi connectivity index (χ2n) is 12.0. The normalized spacial score (nSPS) is 15.2. The van der Waals surface area contributed by atoms with Crippen molar-refractivity contribution >= 4 is 23.4 Å². The molecule has 0 bridgehead atoms. The molecule has 0 aliphatic carbocycles. The van der Waals surface area contributed by atoms with Crippen LogP contribution in [0.15, 0.2) is 106 Å². The summed E-state index contributed by atoms with van der Waals surface area (Å²) >= 11 is 1.30. The zero-order valence-electron chi connectivity index (χ0n) is 25.7. The molecule has 2 aromatic heterocycles. The first-order chi connectivity index (χ1) is 21.0. The van der Waals surface area contributed by atoms with Crippen molar-refractivity contribution in [1.29, 1.82) is 0 Å². The fourth-order valence-corrected chi connectivity index (χ4v) is 6.49. The summed E-state index contributed by atoms with van der Waals surface area (Å²) in [6, 6.07) is 25.5. The summed E-state index contributed by atoms with van der Waals surface area (Å²) in [6.45, 7) is 10.3. The Kier molecular flexibility index (Phi) is 7.55. The Bertz CT molecular complexity index is 2080. The smallest absolute Gasteiger partial charge is 0.338 e. The minimum Gasteiger partial charge on any atom is -0.466 e. The second kappa shape index (κ2) is 11.4. The number of hydrogen-bond acceptors (Lipinski definition) is 6. The third kappa shape index (κ3) is 5.37. The molecular formula is C36H34N4O3S. The van der Waals surface area contributed by atoms with Crippen molar-refractivity contribution in [1.82, 2.24) is 14.3 Å². The molecule has 0 fully saturated rings. The van der Waals surface area contributed by atoms with Crippen LogP contribution in [0.25, 0.3) is 23.0 Å². The lowest BCUT2D eigenvalue weighted by molar-refractivity contribution is -0.136. The molecule has 1 aliphatic rings. The molecule has 0 spiro atoms. The molecule has 8 heteroatoms. The standard InChI is InChI=1S/C36H34N4O3S/c1-22-12-14-24(15-13-22)31-26(21-39(38-31)28-10-8-7-9-11-28)20-29-33(41)40-32(25-16-18-27(19-17-25)36(3,4)5)30(34(42)43-6)23(2)37-35(40)44-29/h7-21,32H,1-6H3/b29-20-/t32-/m1/s1. The molecular weight excluding hydrogens is 568 g/mol. The van der Waals surface area contributed by atoms with E-state index >= 15 is 0 Å². The molecule has 0 N–H and O–H groups in total. The maximum absolute atomic E-state index is 14.2. The Labute approximate surface area is 260 Å². The van der Waals surface area contributed by atoms with Crippen LogP contribution < -0.4 is 14.9 Å². The number of methoxy groups -OCH3 is 1. The summed E-state index contributed by atoms with van der Waals surface area (Å²) in [4.78, 5) is 32.6. The van der Waals surface area contributed by atoms with E-state index in [0.29, 0.717) is 20.6 Å². The van der Waals surface area contributed by atoms with E-state index in [1.54, 1.807) is 11.5 Å². The van der Waals surface area contributed by atoms with Crippen LogP contribution in [0.5, 0.6) is 0 Å². The molecule has 3 heterocycles. The lowest BCUT2D eigenvalue weighted by atomic mass is 9.85. The highest BCUT2D eigenvalue weighted by Crippen LogP contribution is 2.32. The van der Waals surface area contributed by atoms with Gasteiger partial charge in [-0.05, 0) is 48.6 Å². The maximum atomic E-state index is 14.2. The predicted molar refractivity (Wildman–Crippen MR) is 175 cm³/mol. The Morgan fingerprint density at radius 1 is 0.955 bits per heavy atom. The van der Waals surface area contributed by atoms with Crippen LogP contribution in [-0.2, 0) is 14.9 Å². The zero-order valence-corrected chi connectivity index (χ0v) is 26.5. The van der Waals surface area contributed by atoms with Crippen LogP contribution in [-0.4, -0.2) is 27.4 Å². The average molecular weight is 603 g/mol. The number of ether oxygens (including phenoxy) is 1. The van der Waals surface area contributed by atoms with Crippen LogP contribution in [0, 0.1) is 6.92 Å². The van der Waals surface area contributed by atoms with Gasteiger partial charge < -0.3 is 4.74 Å². The summed E-state index contributed by atoms with van der Waals surface area (Å²) in [5, 5.41) is 4.93. The molecule has 3 aromatic carbocycles. The van der Waals surface area contributed by atoms with E-state index in [9.17, 15) is 9.59 Å². The number of allylic oxidation sites excluding steroid dienone is 1. The Morgan fingerprint density at radius 2 is 1.64 bits per heavy atom. The van der Waals surface area contributed by atoms with Gasteiger partial charge in [0, 0.05) is 17.3 Å². The number of nitrogens with zero attached hydrogens (tertiary/aromatic N) is 4. The van der Waals surface area contributed by atoms with Crippen molar-refractivity contribution in [3.05, 3.63) is 138 Å². The lowest BCUT2D eigenvalue weighted by Gasteiger charge is -2.25. The monoisotopic (exact) mass is 602 g/mol. The van der Waals surface area contributed by atoms with Gasteiger partial charge in [-0.25, -0.2) is 14.5 Å². The highest BCUT2D eigenvalue weighted by atomic mass is 32.1. The number of para-hydroxylation sites is 1. The summed E-state index contributed by atoms with van der Waals surface area (Å²) in [6.07, 6.45) is 3.82. The van der Waals surface area contributed by atoms with Crippen LogP contribution in [0.4, 0.5) is 0 Å². The number of rotatable bonds is 5. The van der Waals surface area contributed by atoms with Crippen LogP contribution in [0.3, 0.4) is 0 Å². The molecule has 222 valence electrons. The van der Waals surface area contributed by atoms with Gasteiger partial charge in [0.25, 0.3) is 5.56 Å². The number of esters is 1. The number of benzene rings is 3. The molecule has 1 atom stereocenters. The fourth-order valence-electron chi connectivity index (χ4n) is 5.46. The summed E-state index contributed by atoms with van der Waals surface area (Å²) in [5.74, 6) is -0.503. The molecule has 7 nitrogen and oxygen atoms in total. The summed E-state index contributed by atoms with van der Waals surface area (Å²) in [7, 11) is 1.35. The van der Waals surface area contributed by atoms with Crippen LogP contribution in [0.2, 0.25) is 0 Å². The number of aromatic nitrogens is 3. The molecule has 6 rings (SSSR count). The summed E-state index contributed by atoms with van der Waals surface area (Å²) in [5.41, 5.74) is 7.18. The van der Waals surface area contributed by atoms with Gasteiger partial charge in [-0.3, -0.25) is 9.36 Å². The van der Waals surface area contributed by atoms with Crippen LogP contribution in [0.1, 0.15) is 56.0 Å². The van der Waals surface area contributed by atoms with Crippen molar-refractivity contribution in [2.75, 3.05) is 7.11 Å². The van der Waals surface area contributed by atoms with Crippen molar-refractivity contribution < 1.29 is 9.53 Å². The van der Waals surface area contributed by atoms with E-state index in [0.717, 1.165) is 39.2 Å². The topological polar surface area (TPSA) is 78.5 Å². The number of aryl methyl sites for hydroxylation is 1. The fraction of sp³-hybridized carbons (Fsp3) is 0.222. The maximum Gasteiger partial charge on any atom is 0.338 e. The third-order valence-electron chi connectivity index (χ3n) is 7.89.